The molecule has 0 spiro atoms. The van der Waals surface area contributed by atoms with E-state index in [4.69, 9.17) is 15.6 Å². The van der Waals surface area contributed by atoms with Crippen LogP contribution in [0.2, 0.25) is 0 Å². The van der Waals surface area contributed by atoms with Gasteiger partial charge in [-0.05, 0) is 18.2 Å². The first kappa shape index (κ1) is 11.4. The van der Waals surface area contributed by atoms with E-state index in [1.54, 1.807) is 18.3 Å². The van der Waals surface area contributed by atoms with Crippen molar-refractivity contribution in [2.24, 2.45) is 0 Å². The summed E-state index contributed by atoms with van der Waals surface area (Å²) < 4.78 is 5.59. The van der Waals surface area contributed by atoms with Crippen molar-refractivity contribution in [3.63, 3.8) is 0 Å². The molecule has 1 aromatic carbocycles. The summed E-state index contributed by atoms with van der Waals surface area (Å²) in [6.45, 7) is 0.294. The van der Waals surface area contributed by atoms with Crippen LogP contribution in [0.25, 0.3) is 0 Å². The highest BCUT2D eigenvalue weighted by atomic mass is 16.5. The second kappa shape index (κ2) is 5.32. The van der Waals surface area contributed by atoms with Crippen LogP contribution in [-0.4, -0.2) is 10.1 Å². The molecule has 0 radical (unpaired) electrons. The quantitative estimate of drug-likeness (QED) is 0.839. The normalized spacial score (nSPS) is 10.2. The molecule has 0 bridgehead atoms. The summed E-state index contributed by atoms with van der Waals surface area (Å²) >= 11 is 0. The predicted octanol–water partition coefficient (Wildman–Crippen LogP) is 1.74. The Hall–Kier alpha value is -2.07. The van der Waals surface area contributed by atoms with Gasteiger partial charge in [0.05, 0.1) is 12.3 Å². The standard InChI is InChI=1S/C13H14N2O2/c14-11-5-6-15-12(7-11)9-17-13-4-2-1-3-10(13)8-16/h1-7,16H,8-9H2,(H2,14,15). The van der Waals surface area contributed by atoms with Crippen molar-refractivity contribution < 1.29 is 9.84 Å². The molecule has 2 aromatic rings. The van der Waals surface area contributed by atoms with Crippen LogP contribution >= 0.6 is 0 Å². The molecule has 1 heterocycles. The van der Waals surface area contributed by atoms with Gasteiger partial charge in [0.1, 0.15) is 12.4 Å². The number of nitrogens with zero attached hydrogens (tertiary/aromatic N) is 1. The zero-order valence-corrected chi connectivity index (χ0v) is 9.34. The average Bonchev–Trinajstić information content (AvgIpc) is 2.37. The van der Waals surface area contributed by atoms with Crippen molar-refractivity contribution in [2.45, 2.75) is 13.2 Å². The fourth-order valence-electron chi connectivity index (χ4n) is 1.50. The van der Waals surface area contributed by atoms with Gasteiger partial charge in [-0.2, -0.15) is 0 Å². The first-order valence-electron chi connectivity index (χ1n) is 5.31. The second-order valence-electron chi connectivity index (χ2n) is 3.64. The van der Waals surface area contributed by atoms with Crippen LogP contribution < -0.4 is 10.5 Å². The van der Waals surface area contributed by atoms with Gasteiger partial charge in [-0.1, -0.05) is 18.2 Å². The van der Waals surface area contributed by atoms with Crippen LogP contribution in [0, 0.1) is 0 Å². The first-order valence-corrected chi connectivity index (χ1v) is 5.31. The highest BCUT2D eigenvalue weighted by molar-refractivity contribution is 5.37. The minimum Gasteiger partial charge on any atom is -0.487 e. The van der Waals surface area contributed by atoms with Crippen molar-refractivity contribution in [3.05, 3.63) is 53.9 Å². The number of hydrogen-bond acceptors (Lipinski definition) is 4. The van der Waals surface area contributed by atoms with E-state index in [1.165, 1.54) is 0 Å². The molecular weight excluding hydrogens is 216 g/mol. The van der Waals surface area contributed by atoms with Gasteiger partial charge in [0.2, 0.25) is 0 Å². The fourth-order valence-corrected chi connectivity index (χ4v) is 1.50. The molecule has 2 rings (SSSR count). The largest absolute Gasteiger partial charge is 0.487 e. The number of para-hydroxylation sites is 1. The Morgan fingerprint density at radius 1 is 1.24 bits per heavy atom. The maximum absolute atomic E-state index is 9.14. The summed E-state index contributed by atoms with van der Waals surface area (Å²) in [5, 5.41) is 9.14. The van der Waals surface area contributed by atoms with Crippen molar-refractivity contribution in [3.8, 4) is 5.75 Å². The van der Waals surface area contributed by atoms with Gasteiger partial charge in [0.25, 0.3) is 0 Å². The minimum absolute atomic E-state index is 0.0411. The summed E-state index contributed by atoms with van der Waals surface area (Å²) in [5.74, 6) is 0.666. The highest BCUT2D eigenvalue weighted by Crippen LogP contribution is 2.19. The Morgan fingerprint density at radius 2 is 2.06 bits per heavy atom. The third kappa shape index (κ3) is 2.95. The molecule has 4 heteroatoms. The number of nitrogens with two attached hydrogens (primary N) is 1. The number of anilines is 1. The number of aliphatic hydroxyl groups excluding tert-OH is 1. The maximum Gasteiger partial charge on any atom is 0.130 e. The summed E-state index contributed by atoms with van der Waals surface area (Å²) in [4.78, 5) is 4.14. The number of pyridine rings is 1. The molecule has 0 aliphatic carbocycles. The number of aliphatic hydroxyl groups is 1. The molecule has 0 saturated carbocycles. The van der Waals surface area contributed by atoms with E-state index in [0.29, 0.717) is 18.0 Å². The molecule has 0 fully saturated rings. The number of nitrogen functional groups attached to an aromatic ring is 1. The number of rotatable bonds is 4. The monoisotopic (exact) mass is 230 g/mol. The Labute approximate surface area is 99.7 Å². The summed E-state index contributed by atoms with van der Waals surface area (Å²) in [6.07, 6.45) is 1.64. The average molecular weight is 230 g/mol. The Kier molecular flexibility index (Phi) is 3.57. The molecule has 0 unspecified atom stereocenters. The van der Waals surface area contributed by atoms with Gasteiger partial charge >= 0.3 is 0 Å². The smallest absolute Gasteiger partial charge is 0.130 e. The molecule has 0 saturated heterocycles. The van der Waals surface area contributed by atoms with E-state index in [1.807, 2.05) is 24.3 Å². The third-order valence-electron chi connectivity index (χ3n) is 2.36. The lowest BCUT2D eigenvalue weighted by Gasteiger charge is -2.09. The molecular formula is C13H14N2O2. The SMILES string of the molecule is Nc1ccnc(COc2ccccc2CO)c1. The van der Waals surface area contributed by atoms with Crippen molar-refractivity contribution in [1.29, 1.82) is 0 Å². The second-order valence-corrected chi connectivity index (χ2v) is 3.64. The van der Waals surface area contributed by atoms with E-state index in [-0.39, 0.29) is 6.61 Å². The van der Waals surface area contributed by atoms with E-state index >= 15 is 0 Å². The molecule has 0 atom stereocenters. The predicted molar refractivity (Wildman–Crippen MR) is 65.3 cm³/mol. The number of benzene rings is 1. The van der Waals surface area contributed by atoms with Crippen LogP contribution in [0.4, 0.5) is 5.69 Å². The minimum atomic E-state index is -0.0411. The van der Waals surface area contributed by atoms with Gasteiger partial charge < -0.3 is 15.6 Å². The Morgan fingerprint density at radius 3 is 2.82 bits per heavy atom. The molecule has 3 N–H and O–H groups in total. The van der Waals surface area contributed by atoms with Gasteiger partial charge in [-0.25, -0.2) is 0 Å². The topological polar surface area (TPSA) is 68.4 Å². The summed E-state index contributed by atoms with van der Waals surface area (Å²) in [5.41, 5.74) is 7.83. The molecule has 88 valence electrons. The lowest BCUT2D eigenvalue weighted by atomic mass is 10.2. The van der Waals surface area contributed by atoms with E-state index in [2.05, 4.69) is 4.98 Å². The molecule has 0 amide bonds. The molecule has 0 aliphatic rings. The first-order chi connectivity index (χ1) is 8.29. The zero-order chi connectivity index (χ0) is 12.1. The highest BCUT2D eigenvalue weighted by Gasteiger charge is 2.02. The maximum atomic E-state index is 9.14. The third-order valence-corrected chi connectivity index (χ3v) is 2.36. The van der Waals surface area contributed by atoms with Crippen molar-refractivity contribution >= 4 is 5.69 Å². The number of aromatic nitrogens is 1. The zero-order valence-electron chi connectivity index (χ0n) is 9.34. The Bertz CT molecular complexity index is 500. The molecule has 17 heavy (non-hydrogen) atoms. The van der Waals surface area contributed by atoms with Gasteiger partial charge in [0.15, 0.2) is 0 Å². The Balaban J connectivity index is 2.07. The van der Waals surface area contributed by atoms with Gasteiger partial charge in [-0.15, -0.1) is 0 Å². The van der Waals surface area contributed by atoms with Crippen LogP contribution in [0.1, 0.15) is 11.3 Å². The molecule has 4 nitrogen and oxygen atoms in total. The molecule has 0 aliphatic heterocycles. The number of hydrogen-bond donors (Lipinski definition) is 2. The fraction of sp³-hybridized carbons (Fsp3) is 0.154. The van der Waals surface area contributed by atoms with Crippen LogP contribution in [0.5, 0.6) is 5.75 Å². The lowest BCUT2D eigenvalue weighted by molar-refractivity contribution is 0.257. The van der Waals surface area contributed by atoms with Crippen LogP contribution in [0.3, 0.4) is 0 Å². The van der Waals surface area contributed by atoms with Gasteiger partial charge in [-0.3, -0.25) is 4.98 Å². The number of ether oxygens (including phenoxy) is 1. The summed E-state index contributed by atoms with van der Waals surface area (Å²) in [7, 11) is 0. The summed E-state index contributed by atoms with van der Waals surface area (Å²) in [6, 6.07) is 10.9. The lowest BCUT2D eigenvalue weighted by Crippen LogP contribution is -2.01. The van der Waals surface area contributed by atoms with E-state index in [0.717, 1.165) is 11.3 Å². The van der Waals surface area contributed by atoms with Gasteiger partial charge in [0, 0.05) is 17.4 Å². The van der Waals surface area contributed by atoms with E-state index < -0.39 is 0 Å². The van der Waals surface area contributed by atoms with E-state index in [9.17, 15) is 0 Å². The van der Waals surface area contributed by atoms with Crippen molar-refractivity contribution in [2.75, 3.05) is 5.73 Å². The van der Waals surface area contributed by atoms with Crippen LogP contribution in [-0.2, 0) is 13.2 Å². The molecule has 1 aromatic heterocycles. The van der Waals surface area contributed by atoms with Crippen LogP contribution in [0.15, 0.2) is 42.6 Å². The van der Waals surface area contributed by atoms with Crippen molar-refractivity contribution in [1.82, 2.24) is 4.98 Å².